The highest BCUT2D eigenvalue weighted by Gasteiger charge is 2.17. The summed E-state index contributed by atoms with van der Waals surface area (Å²) in [6, 6.07) is 10.9. The van der Waals surface area contributed by atoms with Crippen molar-refractivity contribution >= 4 is 12.0 Å². The van der Waals surface area contributed by atoms with Crippen molar-refractivity contribution in [1.82, 2.24) is 20.6 Å². The predicted molar refractivity (Wildman–Crippen MR) is 129 cm³/mol. The molecule has 0 aliphatic rings. The second kappa shape index (κ2) is 10.8. The first kappa shape index (κ1) is 24.7. The molecule has 0 radical (unpaired) electrons. The third-order valence-corrected chi connectivity index (χ3v) is 4.89. The zero-order valence-electron chi connectivity index (χ0n) is 20.1. The summed E-state index contributed by atoms with van der Waals surface area (Å²) in [5.74, 6) is 0.412. The standard InChI is InChI=1S/C26H30N4O4/c1-17-6-8-27-16-23(17)19-10-18(14-30-25(32)34-26(2,3)4)11-20(12-19)24(31)29-15-21-13-22(33-5)7-9-28-21/h6-13,16H,14-15H2,1-5H3,(H,29,31)(H,30,32). The molecule has 0 unspecified atom stereocenters. The summed E-state index contributed by atoms with van der Waals surface area (Å²) in [7, 11) is 1.58. The maximum absolute atomic E-state index is 13.0. The first-order chi connectivity index (χ1) is 16.1. The van der Waals surface area contributed by atoms with Crippen LogP contribution < -0.4 is 15.4 Å². The fraction of sp³-hybridized carbons (Fsp3) is 0.308. The van der Waals surface area contributed by atoms with E-state index < -0.39 is 11.7 Å². The van der Waals surface area contributed by atoms with Crippen LogP contribution in [-0.4, -0.2) is 34.7 Å². The molecule has 8 heteroatoms. The third kappa shape index (κ3) is 7.03. The molecule has 0 bridgehead atoms. The molecule has 0 fully saturated rings. The molecule has 8 nitrogen and oxygen atoms in total. The number of hydrogen-bond donors (Lipinski definition) is 2. The number of benzene rings is 1. The van der Waals surface area contributed by atoms with Crippen LogP contribution in [-0.2, 0) is 17.8 Å². The molecule has 0 spiro atoms. The second-order valence-corrected chi connectivity index (χ2v) is 8.83. The second-order valence-electron chi connectivity index (χ2n) is 8.83. The van der Waals surface area contributed by atoms with Crippen LogP contribution >= 0.6 is 0 Å². The number of alkyl carbamates (subject to hydrolysis) is 1. The molecule has 3 aromatic rings. The normalized spacial score (nSPS) is 11.0. The summed E-state index contributed by atoms with van der Waals surface area (Å²) in [6.45, 7) is 7.85. The summed E-state index contributed by atoms with van der Waals surface area (Å²) in [5, 5.41) is 5.65. The molecule has 0 saturated carbocycles. The fourth-order valence-electron chi connectivity index (χ4n) is 3.29. The summed E-state index contributed by atoms with van der Waals surface area (Å²) in [4.78, 5) is 33.6. The molecule has 2 N–H and O–H groups in total. The van der Waals surface area contributed by atoms with Crippen molar-refractivity contribution in [3.63, 3.8) is 0 Å². The third-order valence-electron chi connectivity index (χ3n) is 4.89. The van der Waals surface area contributed by atoms with Crippen LogP contribution in [0.15, 0.2) is 55.0 Å². The van der Waals surface area contributed by atoms with Crippen molar-refractivity contribution in [3.8, 4) is 16.9 Å². The van der Waals surface area contributed by atoms with Gasteiger partial charge in [-0.2, -0.15) is 0 Å². The number of carbonyl (C=O) groups excluding carboxylic acids is 2. The van der Waals surface area contributed by atoms with E-state index in [4.69, 9.17) is 9.47 Å². The van der Waals surface area contributed by atoms with E-state index in [0.717, 1.165) is 22.3 Å². The van der Waals surface area contributed by atoms with Crippen LogP contribution in [0.25, 0.3) is 11.1 Å². The molecule has 34 heavy (non-hydrogen) atoms. The topological polar surface area (TPSA) is 102 Å². The van der Waals surface area contributed by atoms with Crippen molar-refractivity contribution in [2.75, 3.05) is 7.11 Å². The van der Waals surface area contributed by atoms with Crippen LogP contribution in [0.1, 0.15) is 48.0 Å². The first-order valence-electron chi connectivity index (χ1n) is 10.9. The van der Waals surface area contributed by atoms with Gasteiger partial charge in [-0.15, -0.1) is 0 Å². The first-order valence-corrected chi connectivity index (χ1v) is 10.9. The van der Waals surface area contributed by atoms with Gasteiger partial charge >= 0.3 is 6.09 Å². The van der Waals surface area contributed by atoms with Crippen LogP contribution in [0.4, 0.5) is 4.79 Å². The molecule has 0 saturated heterocycles. The molecule has 0 aliphatic carbocycles. The summed E-state index contributed by atoms with van der Waals surface area (Å²) in [5.41, 5.74) is 4.07. The number of nitrogens with one attached hydrogen (secondary N) is 2. The van der Waals surface area contributed by atoms with E-state index in [1.54, 1.807) is 64.7 Å². The number of rotatable bonds is 7. The molecule has 178 valence electrons. The Morgan fingerprint density at radius 3 is 2.50 bits per heavy atom. The fourth-order valence-corrected chi connectivity index (χ4v) is 3.29. The van der Waals surface area contributed by atoms with E-state index in [-0.39, 0.29) is 19.0 Å². The zero-order valence-corrected chi connectivity index (χ0v) is 20.1. The summed E-state index contributed by atoms with van der Waals surface area (Å²) >= 11 is 0. The number of ether oxygens (including phenoxy) is 2. The quantitative estimate of drug-likeness (QED) is 0.539. The number of methoxy groups -OCH3 is 1. The lowest BCUT2D eigenvalue weighted by molar-refractivity contribution is 0.0523. The van der Waals surface area contributed by atoms with Crippen molar-refractivity contribution in [2.45, 2.75) is 46.4 Å². The maximum atomic E-state index is 13.0. The lowest BCUT2D eigenvalue weighted by Crippen LogP contribution is -2.32. The number of pyridine rings is 2. The Hall–Kier alpha value is -3.94. The molecule has 0 atom stereocenters. The number of nitrogens with zero attached hydrogens (tertiary/aromatic N) is 2. The average Bonchev–Trinajstić information content (AvgIpc) is 2.80. The van der Waals surface area contributed by atoms with E-state index >= 15 is 0 Å². The minimum absolute atomic E-state index is 0.208. The largest absolute Gasteiger partial charge is 0.497 e. The highest BCUT2D eigenvalue weighted by molar-refractivity contribution is 5.95. The number of hydrogen-bond acceptors (Lipinski definition) is 6. The molecular formula is C26H30N4O4. The van der Waals surface area contributed by atoms with Gasteiger partial charge in [0.1, 0.15) is 11.4 Å². The molecule has 2 aromatic heterocycles. The SMILES string of the molecule is COc1ccnc(CNC(=O)c2cc(CNC(=O)OC(C)(C)C)cc(-c3cnccc3C)c2)c1. The lowest BCUT2D eigenvalue weighted by Gasteiger charge is -2.20. The van der Waals surface area contributed by atoms with Crippen molar-refractivity contribution in [3.05, 3.63) is 77.4 Å². The van der Waals surface area contributed by atoms with E-state index in [0.29, 0.717) is 17.0 Å². The zero-order chi connectivity index (χ0) is 24.7. The van der Waals surface area contributed by atoms with Gasteiger partial charge < -0.3 is 20.1 Å². The van der Waals surface area contributed by atoms with Gasteiger partial charge in [-0.3, -0.25) is 14.8 Å². The van der Waals surface area contributed by atoms with Gasteiger partial charge in [0, 0.05) is 42.3 Å². The van der Waals surface area contributed by atoms with E-state index in [1.807, 2.05) is 25.1 Å². The number of aromatic nitrogens is 2. The predicted octanol–water partition coefficient (Wildman–Crippen LogP) is 4.42. The van der Waals surface area contributed by atoms with Gasteiger partial charge in [0.15, 0.2) is 0 Å². The monoisotopic (exact) mass is 462 g/mol. The Kier molecular flexibility index (Phi) is 7.83. The Bertz CT molecular complexity index is 1170. The summed E-state index contributed by atoms with van der Waals surface area (Å²) < 4.78 is 10.5. The van der Waals surface area contributed by atoms with Gasteiger partial charge in [-0.05, 0) is 74.7 Å². The van der Waals surface area contributed by atoms with Crippen LogP contribution in [0.5, 0.6) is 5.75 Å². The van der Waals surface area contributed by atoms with E-state index in [1.165, 1.54) is 0 Å². The number of aryl methyl sites for hydroxylation is 1. The van der Waals surface area contributed by atoms with Crippen LogP contribution in [0.2, 0.25) is 0 Å². The van der Waals surface area contributed by atoms with Gasteiger partial charge in [0.2, 0.25) is 0 Å². The smallest absolute Gasteiger partial charge is 0.407 e. The molecular weight excluding hydrogens is 432 g/mol. The molecule has 1 aromatic carbocycles. The molecule has 2 heterocycles. The average molecular weight is 463 g/mol. The maximum Gasteiger partial charge on any atom is 0.407 e. The Morgan fingerprint density at radius 1 is 1.00 bits per heavy atom. The molecule has 0 aliphatic heterocycles. The highest BCUT2D eigenvalue weighted by Crippen LogP contribution is 2.25. The molecule has 2 amide bonds. The van der Waals surface area contributed by atoms with Gasteiger partial charge in [-0.25, -0.2) is 4.79 Å². The van der Waals surface area contributed by atoms with Crippen LogP contribution in [0, 0.1) is 6.92 Å². The lowest BCUT2D eigenvalue weighted by atomic mass is 9.97. The Labute approximate surface area is 199 Å². The Balaban J connectivity index is 1.83. The summed E-state index contributed by atoms with van der Waals surface area (Å²) in [6.07, 6.45) is 4.59. The van der Waals surface area contributed by atoms with Crippen molar-refractivity contribution in [1.29, 1.82) is 0 Å². The van der Waals surface area contributed by atoms with Crippen LogP contribution in [0.3, 0.4) is 0 Å². The molecule has 3 rings (SSSR count). The Morgan fingerprint density at radius 2 is 1.79 bits per heavy atom. The van der Waals surface area contributed by atoms with Crippen molar-refractivity contribution < 1.29 is 19.1 Å². The van der Waals surface area contributed by atoms with Gasteiger partial charge in [0.25, 0.3) is 5.91 Å². The van der Waals surface area contributed by atoms with E-state index in [2.05, 4.69) is 20.6 Å². The highest BCUT2D eigenvalue weighted by atomic mass is 16.6. The van der Waals surface area contributed by atoms with Gasteiger partial charge in [0.05, 0.1) is 19.3 Å². The van der Waals surface area contributed by atoms with Gasteiger partial charge in [-0.1, -0.05) is 0 Å². The minimum Gasteiger partial charge on any atom is -0.497 e. The number of amides is 2. The number of carbonyl (C=O) groups is 2. The van der Waals surface area contributed by atoms with E-state index in [9.17, 15) is 9.59 Å². The minimum atomic E-state index is -0.599. The van der Waals surface area contributed by atoms with Crippen molar-refractivity contribution in [2.24, 2.45) is 0 Å².